The second kappa shape index (κ2) is 6.56. The highest BCUT2D eigenvalue weighted by atomic mass is 16.5. The Labute approximate surface area is 122 Å². The normalized spacial score (nSPS) is 9.95. The summed E-state index contributed by atoms with van der Waals surface area (Å²) in [6.45, 7) is 0. The number of methoxy groups -OCH3 is 1. The Bertz CT molecular complexity index is 650. The van der Waals surface area contributed by atoms with Crippen molar-refractivity contribution in [1.29, 1.82) is 0 Å². The number of rotatable bonds is 4. The lowest BCUT2D eigenvalue weighted by Crippen LogP contribution is -2.14. The van der Waals surface area contributed by atoms with Crippen molar-refractivity contribution in [3.8, 4) is 5.75 Å². The van der Waals surface area contributed by atoms with Crippen LogP contribution in [0.5, 0.6) is 5.75 Å². The van der Waals surface area contributed by atoms with Gasteiger partial charge in [-0.05, 0) is 35.9 Å². The standard InChI is InChI=1S/C16H15NO4/c1-21-16(20)12-3-2-4-13(10-12)17-15(19)9-11-5-7-14(18)8-6-11/h2-8,10,18H,9H2,1H3,(H,17,19). The molecule has 2 rings (SSSR count). The summed E-state index contributed by atoms with van der Waals surface area (Å²) in [5, 5.41) is 11.9. The first-order valence-electron chi connectivity index (χ1n) is 6.34. The average Bonchev–Trinajstić information content (AvgIpc) is 2.49. The number of carbonyl (C=O) groups is 2. The van der Waals surface area contributed by atoms with Crippen LogP contribution < -0.4 is 5.32 Å². The average molecular weight is 285 g/mol. The van der Waals surface area contributed by atoms with Crippen LogP contribution in [0, 0.1) is 0 Å². The lowest BCUT2D eigenvalue weighted by Gasteiger charge is -2.07. The van der Waals surface area contributed by atoms with Gasteiger partial charge in [-0.2, -0.15) is 0 Å². The molecule has 0 fully saturated rings. The fourth-order valence-corrected chi connectivity index (χ4v) is 1.85. The summed E-state index contributed by atoms with van der Waals surface area (Å²) in [5.41, 5.74) is 1.69. The van der Waals surface area contributed by atoms with Crippen LogP contribution in [0.25, 0.3) is 0 Å². The predicted octanol–water partition coefficient (Wildman–Crippen LogP) is 2.36. The highest BCUT2D eigenvalue weighted by molar-refractivity contribution is 5.95. The molecule has 0 radical (unpaired) electrons. The van der Waals surface area contributed by atoms with Crippen molar-refractivity contribution in [2.24, 2.45) is 0 Å². The van der Waals surface area contributed by atoms with E-state index in [1.54, 1.807) is 36.4 Å². The van der Waals surface area contributed by atoms with Gasteiger partial charge < -0.3 is 15.2 Å². The molecule has 1 amide bonds. The number of amides is 1. The van der Waals surface area contributed by atoms with Gasteiger partial charge in [0.2, 0.25) is 5.91 Å². The minimum atomic E-state index is -0.454. The fraction of sp³-hybridized carbons (Fsp3) is 0.125. The smallest absolute Gasteiger partial charge is 0.337 e. The van der Waals surface area contributed by atoms with Gasteiger partial charge in [-0.3, -0.25) is 4.79 Å². The van der Waals surface area contributed by atoms with E-state index in [1.165, 1.54) is 19.2 Å². The highest BCUT2D eigenvalue weighted by Gasteiger charge is 2.08. The molecule has 0 aliphatic heterocycles. The Kier molecular flexibility index (Phi) is 4.56. The maximum Gasteiger partial charge on any atom is 0.337 e. The molecule has 0 heterocycles. The molecule has 0 spiro atoms. The minimum absolute atomic E-state index is 0.157. The summed E-state index contributed by atoms with van der Waals surface area (Å²) in [4.78, 5) is 23.3. The molecule has 0 aliphatic rings. The molecule has 0 bridgehead atoms. The van der Waals surface area contributed by atoms with Crippen molar-refractivity contribution in [1.82, 2.24) is 0 Å². The largest absolute Gasteiger partial charge is 0.508 e. The third kappa shape index (κ3) is 4.07. The Balaban J connectivity index is 2.02. The second-order valence-electron chi connectivity index (χ2n) is 4.46. The molecule has 108 valence electrons. The summed E-state index contributed by atoms with van der Waals surface area (Å²) in [6, 6.07) is 13.0. The number of ether oxygens (including phenoxy) is 1. The topological polar surface area (TPSA) is 75.6 Å². The number of aromatic hydroxyl groups is 1. The van der Waals surface area contributed by atoms with Crippen molar-refractivity contribution in [3.05, 3.63) is 59.7 Å². The summed E-state index contributed by atoms with van der Waals surface area (Å²) in [6.07, 6.45) is 0.183. The SMILES string of the molecule is COC(=O)c1cccc(NC(=O)Cc2ccc(O)cc2)c1. The number of hydrogen-bond donors (Lipinski definition) is 2. The van der Waals surface area contributed by atoms with Crippen LogP contribution in [-0.2, 0) is 16.0 Å². The second-order valence-corrected chi connectivity index (χ2v) is 4.46. The van der Waals surface area contributed by atoms with Gasteiger partial charge in [-0.25, -0.2) is 4.79 Å². The monoisotopic (exact) mass is 285 g/mol. The van der Waals surface area contributed by atoms with Gasteiger partial charge in [-0.1, -0.05) is 18.2 Å². The van der Waals surface area contributed by atoms with E-state index >= 15 is 0 Å². The van der Waals surface area contributed by atoms with Crippen molar-refractivity contribution < 1.29 is 19.4 Å². The molecule has 2 aromatic carbocycles. The number of anilines is 1. The van der Waals surface area contributed by atoms with Crippen LogP contribution in [0.1, 0.15) is 15.9 Å². The van der Waals surface area contributed by atoms with Gasteiger partial charge in [0, 0.05) is 5.69 Å². The lowest BCUT2D eigenvalue weighted by atomic mass is 10.1. The zero-order valence-corrected chi connectivity index (χ0v) is 11.5. The van der Waals surface area contributed by atoms with Crippen molar-refractivity contribution in [2.75, 3.05) is 12.4 Å². The summed E-state index contributed by atoms with van der Waals surface area (Å²) < 4.78 is 4.63. The van der Waals surface area contributed by atoms with Crippen LogP contribution in [0.2, 0.25) is 0 Å². The van der Waals surface area contributed by atoms with E-state index in [1.807, 2.05) is 0 Å². The quantitative estimate of drug-likeness (QED) is 0.846. The zero-order valence-electron chi connectivity index (χ0n) is 11.5. The zero-order chi connectivity index (χ0) is 15.2. The van der Waals surface area contributed by atoms with E-state index < -0.39 is 5.97 Å². The molecule has 0 unspecified atom stereocenters. The Morgan fingerprint density at radius 2 is 1.86 bits per heavy atom. The Hall–Kier alpha value is -2.82. The predicted molar refractivity (Wildman–Crippen MR) is 78.2 cm³/mol. The van der Waals surface area contributed by atoms with E-state index in [0.29, 0.717) is 11.3 Å². The van der Waals surface area contributed by atoms with Crippen LogP contribution in [0.4, 0.5) is 5.69 Å². The van der Waals surface area contributed by atoms with Crippen molar-refractivity contribution in [2.45, 2.75) is 6.42 Å². The number of hydrogen-bond acceptors (Lipinski definition) is 4. The number of carbonyl (C=O) groups excluding carboxylic acids is 2. The van der Waals surface area contributed by atoms with Crippen LogP contribution in [-0.4, -0.2) is 24.1 Å². The fourth-order valence-electron chi connectivity index (χ4n) is 1.85. The molecule has 0 saturated carbocycles. The molecule has 0 aliphatic carbocycles. The summed E-state index contributed by atoms with van der Waals surface area (Å²) >= 11 is 0. The van der Waals surface area contributed by atoms with Gasteiger partial charge in [0.05, 0.1) is 19.1 Å². The van der Waals surface area contributed by atoms with E-state index in [0.717, 1.165) is 5.56 Å². The third-order valence-corrected chi connectivity index (χ3v) is 2.87. The highest BCUT2D eigenvalue weighted by Crippen LogP contribution is 2.13. The third-order valence-electron chi connectivity index (χ3n) is 2.87. The minimum Gasteiger partial charge on any atom is -0.508 e. The van der Waals surface area contributed by atoms with E-state index in [-0.39, 0.29) is 18.1 Å². The van der Waals surface area contributed by atoms with E-state index in [9.17, 15) is 14.7 Å². The van der Waals surface area contributed by atoms with Gasteiger partial charge in [-0.15, -0.1) is 0 Å². The van der Waals surface area contributed by atoms with Crippen LogP contribution in [0.3, 0.4) is 0 Å². The number of esters is 1. The Morgan fingerprint density at radius 1 is 1.14 bits per heavy atom. The molecule has 5 nitrogen and oxygen atoms in total. The summed E-state index contributed by atoms with van der Waals surface area (Å²) in [7, 11) is 1.30. The number of phenolic OH excluding ortho intramolecular Hbond substituents is 1. The first-order valence-corrected chi connectivity index (χ1v) is 6.34. The van der Waals surface area contributed by atoms with Crippen molar-refractivity contribution in [3.63, 3.8) is 0 Å². The number of benzene rings is 2. The van der Waals surface area contributed by atoms with Crippen LogP contribution in [0.15, 0.2) is 48.5 Å². The lowest BCUT2D eigenvalue weighted by molar-refractivity contribution is -0.115. The first-order chi connectivity index (χ1) is 10.1. The number of nitrogens with one attached hydrogen (secondary N) is 1. The first kappa shape index (κ1) is 14.6. The van der Waals surface area contributed by atoms with Gasteiger partial charge in [0.1, 0.15) is 5.75 Å². The maximum absolute atomic E-state index is 11.9. The molecule has 5 heteroatoms. The van der Waals surface area contributed by atoms with Gasteiger partial charge in [0.25, 0.3) is 0 Å². The maximum atomic E-state index is 11.9. The van der Waals surface area contributed by atoms with E-state index in [2.05, 4.69) is 10.1 Å². The van der Waals surface area contributed by atoms with E-state index in [4.69, 9.17) is 0 Å². The molecule has 0 aromatic heterocycles. The van der Waals surface area contributed by atoms with Crippen LogP contribution >= 0.6 is 0 Å². The molecular weight excluding hydrogens is 270 g/mol. The molecule has 0 saturated heterocycles. The molecule has 0 atom stereocenters. The Morgan fingerprint density at radius 3 is 2.52 bits per heavy atom. The molecular formula is C16H15NO4. The number of phenols is 1. The van der Waals surface area contributed by atoms with Gasteiger partial charge in [0.15, 0.2) is 0 Å². The summed E-state index contributed by atoms with van der Waals surface area (Å²) in [5.74, 6) is -0.503. The molecule has 2 N–H and O–H groups in total. The molecule has 2 aromatic rings. The van der Waals surface area contributed by atoms with Crippen molar-refractivity contribution >= 4 is 17.6 Å². The molecule has 21 heavy (non-hydrogen) atoms. The van der Waals surface area contributed by atoms with Gasteiger partial charge >= 0.3 is 5.97 Å².